The maximum Gasteiger partial charge on any atom is 0.0900 e. The molecule has 0 aromatic carbocycles. The van der Waals surface area contributed by atoms with Crippen LogP contribution in [0.4, 0.5) is 0 Å². The molecule has 1 heterocycles. The molecule has 2 atom stereocenters. The molecule has 0 aliphatic carbocycles. The van der Waals surface area contributed by atoms with Crippen molar-refractivity contribution in [3.05, 3.63) is 0 Å². The fraction of sp³-hybridized carbons (Fsp3) is 1.00. The van der Waals surface area contributed by atoms with E-state index in [-0.39, 0.29) is 6.10 Å². The van der Waals surface area contributed by atoms with Gasteiger partial charge in [-0.05, 0) is 13.8 Å². The maximum atomic E-state index is 9.63. The van der Waals surface area contributed by atoms with Crippen molar-refractivity contribution >= 4 is 0 Å². The molecule has 1 aliphatic heterocycles. The second kappa shape index (κ2) is 6.35. The second-order valence-corrected chi connectivity index (χ2v) is 3.93. The van der Waals surface area contributed by atoms with Crippen LogP contribution in [0.25, 0.3) is 0 Å². The third-order valence-corrected chi connectivity index (χ3v) is 2.44. The summed E-state index contributed by atoms with van der Waals surface area (Å²) < 4.78 is 5.17. The molecule has 0 bridgehead atoms. The number of aliphatic hydroxyl groups is 1. The predicted molar refractivity (Wildman–Crippen MR) is 56.4 cm³/mol. The lowest BCUT2D eigenvalue weighted by atomic mass is 10.2. The van der Waals surface area contributed by atoms with Crippen molar-refractivity contribution in [1.29, 1.82) is 0 Å². The lowest BCUT2D eigenvalue weighted by Crippen LogP contribution is -2.51. The number of aliphatic hydroxyl groups excluding tert-OH is 1. The largest absolute Gasteiger partial charge is 0.389 e. The minimum Gasteiger partial charge on any atom is -0.389 e. The third-order valence-electron chi connectivity index (χ3n) is 2.44. The summed E-state index contributed by atoms with van der Waals surface area (Å²) in [4.78, 5) is 2.28. The van der Waals surface area contributed by atoms with E-state index in [4.69, 9.17) is 4.74 Å². The van der Waals surface area contributed by atoms with Gasteiger partial charge in [0.05, 0.1) is 12.7 Å². The third kappa shape index (κ3) is 4.37. The number of piperazine rings is 1. The van der Waals surface area contributed by atoms with Crippen LogP contribution in [0, 0.1) is 0 Å². The van der Waals surface area contributed by atoms with Crippen LogP contribution in [-0.2, 0) is 4.74 Å². The molecule has 2 unspecified atom stereocenters. The summed E-state index contributed by atoms with van der Waals surface area (Å²) >= 11 is 0. The first kappa shape index (κ1) is 11.9. The zero-order valence-electron chi connectivity index (χ0n) is 9.20. The molecule has 0 saturated carbocycles. The van der Waals surface area contributed by atoms with E-state index in [9.17, 15) is 5.11 Å². The van der Waals surface area contributed by atoms with Gasteiger partial charge in [-0.1, -0.05) is 0 Å². The molecular formula is C10H22N2O2. The highest BCUT2D eigenvalue weighted by atomic mass is 16.5. The van der Waals surface area contributed by atoms with E-state index in [2.05, 4.69) is 17.1 Å². The van der Waals surface area contributed by atoms with Crippen LogP contribution in [0.15, 0.2) is 0 Å². The molecule has 14 heavy (non-hydrogen) atoms. The molecule has 0 spiro atoms. The molecule has 1 fully saturated rings. The fourth-order valence-electron chi connectivity index (χ4n) is 1.78. The summed E-state index contributed by atoms with van der Waals surface area (Å²) in [6.07, 6.45) is -0.347. The van der Waals surface area contributed by atoms with Crippen LogP contribution in [0.5, 0.6) is 0 Å². The van der Waals surface area contributed by atoms with Crippen molar-refractivity contribution in [2.24, 2.45) is 0 Å². The van der Waals surface area contributed by atoms with Crippen LogP contribution < -0.4 is 5.32 Å². The van der Waals surface area contributed by atoms with Crippen molar-refractivity contribution < 1.29 is 9.84 Å². The summed E-state index contributed by atoms with van der Waals surface area (Å²) in [7, 11) is 0. The van der Waals surface area contributed by atoms with E-state index in [1.54, 1.807) is 0 Å². The normalized spacial score (nSPS) is 26.4. The van der Waals surface area contributed by atoms with Crippen LogP contribution in [0.2, 0.25) is 0 Å². The van der Waals surface area contributed by atoms with Crippen LogP contribution in [-0.4, -0.2) is 61.5 Å². The Labute approximate surface area is 86.2 Å². The topological polar surface area (TPSA) is 44.7 Å². The van der Waals surface area contributed by atoms with Gasteiger partial charge in [0.2, 0.25) is 0 Å². The summed E-state index contributed by atoms with van der Waals surface area (Å²) in [5.74, 6) is 0. The lowest BCUT2D eigenvalue weighted by Gasteiger charge is -2.32. The van der Waals surface area contributed by atoms with Crippen molar-refractivity contribution in [3.8, 4) is 0 Å². The number of β-amino-alcohol motifs (C(OH)–C–C–N with tert-alkyl or cyclic N) is 1. The quantitative estimate of drug-likeness (QED) is 0.641. The van der Waals surface area contributed by atoms with Gasteiger partial charge in [0.1, 0.15) is 0 Å². The van der Waals surface area contributed by atoms with E-state index in [0.717, 1.165) is 26.2 Å². The number of rotatable bonds is 5. The zero-order chi connectivity index (χ0) is 10.4. The Morgan fingerprint density at radius 3 is 3.07 bits per heavy atom. The van der Waals surface area contributed by atoms with Gasteiger partial charge in [-0.25, -0.2) is 0 Å². The average Bonchev–Trinajstić information content (AvgIpc) is 2.15. The molecule has 0 aromatic rings. The lowest BCUT2D eigenvalue weighted by molar-refractivity contribution is 0.0165. The van der Waals surface area contributed by atoms with Crippen molar-refractivity contribution in [3.63, 3.8) is 0 Å². The van der Waals surface area contributed by atoms with Crippen molar-refractivity contribution in [2.45, 2.75) is 26.0 Å². The highest BCUT2D eigenvalue weighted by molar-refractivity contribution is 4.76. The first-order valence-electron chi connectivity index (χ1n) is 5.44. The second-order valence-electron chi connectivity index (χ2n) is 3.93. The van der Waals surface area contributed by atoms with Crippen LogP contribution in [0.1, 0.15) is 13.8 Å². The van der Waals surface area contributed by atoms with Gasteiger partial charge in [0.25, 0.3) is 0 Å². The molecule has 1 rings (SSSR count). The van der Waals surface area contributed by atoms with Crippen LogP contribution >= 0.6 is 0 Å². The minimum absolute atomic E-state index is 0.347. The molecule has 4 nitrogen and oxygen atoms in total. The molecule has 4 heteroatoms. The van der Waals surface area contributed by atoms with Gasteiger partial charge in [-0.15, -0.1) is 0 Å². The minimum atomic E-state index is -0.347. The van der Waals surface area contributed by atoms with E-state index < -0.39 is 0 Å². The molecule has 1 aliphatic rings. The molecule has 2 N–H and O–H groups in total. The average molecular weight is 202 g/mol. The Kier molecular flexibility index (Phi) is 5.40. The maximum absolute atomic E-state index is 9.63. The highest BCUT2D eigenvalue weighted by Gasteiger charge is 2.17. The Balaban J connectivity index is 2.15. The smallest absolute Gasteiger partial charge is 0.0900 e. The number of hydrogen-bond acceptors (Lipinski definition) is 4. The Morgan fingerprint density at radius 1 is 1.64 bits per heavy atom. The summed E-state index contributed by atoms with van der Waals surface area (Å²) in [5.41, 5.74) is 0. The molecule has 84 valence electrons. The van der Waals surface area contributed by atoms with Gasteiger partial charge in [-0.3, -0.25) is 4.90 Å². The van der Waals surface area contributed by atoms with E-state index in [1.165, 1.54) is 0 Å². The molecule has 1 saturated heterocycles. The first-order chi connectivity index (χ1) is 6.72. The molecule has 0 aromatic heterocycles. The summed E-state index contributed by atoms with van der Waals surface area (Å²) in [6.45, 7) is 9.02. The monoisotopic (exact) mass is 202 g/mol. The predicted octanol–water partition coefficient (Wildman–Crippen LogP) is -0.322. The molecular weight excluding hydrogens is 180 g/mol. The van der Waals surface area contributed by atoms with Gasteiger partial charge >= 0.3 is 0 Å². The Hall–Kier alpha value is -0.160. The van der Waals surface area contributed by atoms with Crippen molar-refractivity contribution in [2.75, 3.05) is 39.4 Å². The molecule has 0 radical (unpaired) electrons. The van der Waals surface area contributed by atoms with E-state index in [1.807, 2.05) is 6.92 Å². The summed E-state index contributed by atoms with van der Waals surface area (Å²) in [6, 6.07) is 0.531. The van der Waals surface area contributed by atoms with Gasteiger partial charge in [0, 0.05) is 38.8 Å². The number of hydrogen-bond donors (Lipinski definition) is 2. The summed E-state index contributed by atoms with van der Waals surface area (Å²) in [5, 5.41) is 13.0. The van der Waals surface area contributed by atoms with Crippen molar-refractivity contribution in [1.82, 2.24) is 10.2 Å². The van der Waals surface area contributed by atoms with E-state index >= 15 is 0 Å². The highest BCUT2D eigenvalue weighted by Crippen LogP contribution is 2.00. The van der Waals surface area contributed by atoms with Crippen LogP contribution in [0.3, 0.4) is 0 Å². The first-order valence-corrected chi connectivity index (χ1v) is 5.44. The Morgan fingerprint density at radius 2 is 2.43 bits per heavy atom. The zero-order valence-corrected chi connectivity index (χ0v) is 9.20. The Bertz CT molecular complexity index is 155. The van der Waals surface area contributed by atoms with E-state index in [0.29, 0.717) is 19.3 Å². The fourth-order valence-corrected chi connectivity index (χ4v) is 1.78. The number of nitrogens with one attached hydrogen (secondary N) is 1. The molecule has 0 amide bonds. The van der Waals surface area contributed by atoms with Gasteiger partial charge < -0.3 is 15.2 Å². The standard InChI is InChI=1S/C10H22N2O2/c1-3-14-8-10(13)7-12-5-4-11-9(2)6-12/h9-11,13H,3-8H2,1-2H3. The van der Waals surface area contributed by atoms with Gasteiger partial charge in [-0.2, -0.15) is 0 Å². The number of ether oxygens (including phenoxy) is 1. The SMILES string of the molecule is CCOCC(O)CN1CCNC(C)C1. The van der Waals surface area contributed by atoms with Gasteiger partial charge in [0.15, 0.2) is 0 Å². The number of nitrogens with zero attached hydrogens (tertiary/aromatic N) is 1.